The Hall–Kier alpha value is -2.49. The zero-order valence-electron chi connectivity index (χ0n) is 11.8. The maximum atomic E-state index is 10.6. The van der Waals surface area contributed by atoms with Crippen LogP contribution in [0.4, 0.5) is 0 Å². The summed E-state index contributed by atoms with van der Waals surface area (Å²) in [7, 11) is 1.64. The molecule has 4 nitrogen and oxygen atoms in total. The van der Waals surface area contributed by atoms with Crippen LogP contribution in [-0.2, 0) is 4.79 Å². The zero-order chi connectivity index (χ0) is 14.7. The lowest BCUT2D eigenvalue weighted by Gasteiger charge is -2.13. The minimum atomic E-state index is -0.952. The average Bonchev–Trinajstić information content (AvgIpc) is 2.71. The molecule has 0 bridgehead atoms. The van der Waals surface area contributed by atoms with Crippen LogP contribution in [0.1, 0.15) is 17.0 Å². The summed E-state index contributed by atoms with van der Waals surface area (Å²) in [6.45, 7) is 3.94. The predicted molar refractivity (Wildman–Crippen MR) is 78.5 cm³/mol. The Bertz CT molecular complexity index is 668. The summed E-state index contributed by atoms with van der Waals surface area (Å²) in [5.41, 5.74) is 3.83. The molecule has 0 unspecified atom stereocenters. The molecule has 2 aromatic rings. The van der Waals surface area contributed by atoms with Crippen LogP contribution < -0.4 is 4.74 Å². The molecular formula is C16H17NO3. The van der Waals surface area contributed by atoms with Gasteiger partial charge in [-0.05, 0) is 43.7 Å². The van der Waals surface area contributed by atoms with Gasteiger partial charge in [-0.25, -0.2) is 4.79 Å². The first kappa shape index (κ1) is 13.9. The second kappa shape index (κ2) is 5.65. The van der Waals surface area contributed by atoms with Crippen LogP contribution in [0.2, 0.25) is 0 Å². The lowest BCUT2D eigenvalue weighted by atomic mass is 10.2. The third kappa shape index (κ3) is 2.59. The van der Waals surface area contributed by atoms with E-state index in [9.17, 15) is 4.79 Å². The molecule has 0 saturated heterocycles. The Morgan fingerprint density at radius 3 is 2.65 bits per heavy atom. The van der Waals surface area contributed by atoms with E-state index < -0.39 is 5.97 Å². The molecule has 0 aliphatic carbocycles. The molecule has 0 aliphatic heterocycles. The molecule has 0 radical (unpaired) electrons. The number of nitrogens with zero attached hydrogens (tertiary/aromatic N) is 1. The lowest BCUT2D eigenvalue weighted by molar-refractivity contribution is -0.131. The molecule has 20 heavy (non-hydrogen) atoms. The molecule has 0 fully saturated rings. The van der Waals surface area contributed by atoms with Gasteiger partial charge in [0.25, 0.3) is 0 Å². The number of hydrogen-bond acceptors (Lipinski definition) is 2. The number of benzene rings is 1. The molecule has 0 amide bonds. The number of aliphatic carboxylic acids is 1. The predicted octanol–water partition coefficient (Wildman–Crippen LogP) is 3.20. The highest BCUT2D eigenvalue weighted by Gasteiger charge is 2.12. The number of aryl methyl sites for hydroxylation is 1. The molecule has 1 heterocycles. The van der Waals surface area contributed by atoms with Gasteiger partial charge < -0.3 is 14.4 Å². The van der Waals surface area contributed by atoms with Crippen molar-refractivity contribution in [3.8, 4) is 11.4 Å². The number of methoxy groups -OCH3 is 1. The Labute approximate surface area is 117 Å². The first-order chi connectivity index (χ1) is 9.54. The van der Waals surface area contributed by atoms with Gasteiger partial charge in [0, 0.05) is 17.5 Å². The summed E-state index contributed by atoms with van der Waals surface area (Å²) in [5.74, 6) is -0.171. The van der Waals surface area contributed by atoms with Gasteiger partial charge in [-0.3, -0.25) is 0 Å². The molecule has 2 rings (SSSR count). The molecule has 4 heteroatoms. The summed E-state index contributed by atoms with van der Waals surface area (Å²) in [6, 6.07) is 9.71. The Balaban J connectivity index is 2.55. The second-order valence-corrected chi connectivity index (χ2v) is 4.51. The fourth-order valence-electron chi connectivity index (χ4n) is 2.30. The molecule has 0 spiro atoms. The van der Waals surface area contributed by atoms with E-state index in [4.69, 9.17) is 9.84 Å². The highest BCUT2D eigenvalue weighted by molar-refractivity contribution is 5.85. The molecule has 0 saturated carbocycles. The summed E-state index contributed by atoms with van der Waals surface area (Å²) < 4.78 is 7.44. The zero-order valence-corrected chi connectivity index (χ0v) is 11.8. The Morgan fingerprint density at radius 2 is 2.00 bits per heavy atom. The van der Waals surface area contributed by atoms with Crippen molar-refractivity contribution in [2.24, 2.45) is 0 Å². The van der Waals surface area contributed by atoms with Crippen molar-refractivity contribution in [3.63, 3.8) is 0 Å². The Kier molecular flexibility index (Phi) is 3.94. The van der Waals surface area contributed by atoms with Gasteiger partial charge in [0.05, 0.1) is 12.8 Å². The van der Waals surface area contributed by atoms with E-state index >= 15 is 0 Å². The van der Waals surface area contributed by atoms with Crippen LogP contribution in [0.3, 0.4) is 0 Å². The topological polar surface area (TPSA) is 51.5 Å². The van der Waals surface area contributed by atoms with Crippen LogP contribution in [0.5, 0.6) is 5.75 Å². The van der Waals surface area contributed by atoms with Crippen molar-refractivity contribution in [2.75, 3.05) is 7.11 Å². The molecule has 1 aromatic carbocycles. The lowest BCUT2D eigenvalue weighted by Crippen LogP contribution is -2.01. The third-order valence-corrected chi connectivity index (χ3v) is 3.20. The van der Waals surface area contributed by atoms with Crippen LogP contribution in [0.15, 0.2) is 36.4 Å². The highest BCUT2D eigenvalue weighted by atomic mass is 16.5. The van der Waals surface area contributed by atoms with Gasteiger partial charge in [0.2, 0.25) is 0 Å². The van der Waals surface area contributed by atoms with Crippen molar-refractivity contribution in [1.29, 1.82) is 0 Å². The summed E-state index contributed by atoms with van der Waals surface area (Å²) in [4.78, 5) is 10.6. The van der Waals surface area contributed by atoms with Gasteiger partial charge in [0.1, 0.15) is 5.75 Å². The number of carboxylic acid groups (broad SMARTS) is 1. The first-order valence-electron chi connectivity index (χ1n) is 6.28. The van der Waals surface area contributed by atoms with E-state index in [0.29, 0.717) is 0 Å². The SMILES string of the molecule is COc1ccccc1-n1c(C)cc(C=CC(=O)O)c1C. The maximum absolute atomic E-state index is 10.6. The van der Waals surface area contributed by atoms with Crippen LogP contribution in [0.25, 0.3) is 11.8 Å². The standard InChI is InChI=1S/C16H17NO3/c1-11-10-13(8-9-16(18)19)12(2)17(11)14-6-4-5-7-15(14)20-3/h4-10H,1-3H3,(H,18,19). The van der Waals surface area contributed by atoms with Crippen molar-refractivity contribution < 1.29 is 14.6 Å². The monoisotopic (exact) mass is 271 g/mol. The molecule has 104 valence electrons. The van der Waals surface area contributed by atoms with Crippen molar-refractivity contribution >= 4 is 12.0 Å². The van der Waals surface area contributed by atoms with E-state index in [-0.39, 0.29) is 0 Å². The fourth-order valence-corrected chi connectivity index (χ4v) is 2.30. The molecule has 0 aliphatic rings. The van der Waals surface area contributed by atoms with E-state index in [1.54, 1.807) is 13.2 Å². The van der Waals surface area contributed by atoms with E-state index in [1.807, 2.05) is 44.2 Å². The summed E-state index contributed by atoms with van der Waals surface area (Å²) >= 11 is 0. The molecule has 1 N–H and O–H groups in total. The van der Waals surface area contributed by atoms with Crippen molar-refractivity contribution in [1.82, 2.24) is 4.57 Å². The Morgan fingerprint density at radius 1 is 1.30 bits per heavy atom. The quantitative estimate of drug-likeness (QED) is 0.869. The van der Waals surface area contributed by atoms with Crippen LogP contribution in [0, 0.1) is 13.8 Å². The minimum Gasteiger partial charge on any atom is -0.495 e. The summed E-state index contributed by atoms with van der Waals surface area (Å²) in [5, 5.41) is 8.73. The molecule has 0 atom stereocenters. The van der Waals surface area contributed by atoms with Gasteiger partial charge in [-0.15, -0.1) is 0 Å². The van der Waals surface area contributed by atoms with Gasteiger partial charge in [-0.2, -0.15) is 0 Å². The van der Waals surface area contributed by atoms with Crippen LogP contribution >= 0.6 is 0 Å². The van der Waals surface area contributed by atoms with Crippen molar-refractivity contribution in [3.05, 3.63) is 53.4 Å². The maximum Gasteiger partial charge on any atom is 0.328 e. The number of aromatic nitrogens is 1. The number of ether oxygens (including phenoxy) is 1. The number of carboxylic acids is 1. The van der Waals surface area contributed by atoms with Crippen molar-refractivity contribution in [2.45, 2.75) is 13.8 Å². The van der Waals surface area contributed by atoms with Gasteiger partial charge in [0.15, 0.2) is 0 Å². The second-order valence-electron chi connectivity index (χ2n) is 4.51. The average molecular weight is 271 g/mol. The molecule has 1 aromatic heterocycles. The largest absolute Gasteiger partial charge is 0.495 e. The fraction of sp³-hybridized carbons (Fsp3) is 0.188. The number of rotatable bonds is 4. The van der Waals surface area contributed by atoms with Gasteiger partial charge >= 0.3 is 5.97 Å². The number of carbonyl (C=O) groups is 1. The normalized spacial score (nSPS) is 10.9. The number of hydrogen-bond donors (Lipinski definition) is 1. The van der Waals surface area contributed by atoms with E-state index in [0.717, 1.165) is 34.5 Å². The third-order valence-electron chi connectivity index (χ3n) is 3.20. The highest BCUT2D eigenvalue weighted by Crippen LogP contribution is 2.28. The molecular weight excluding hydrogens is 254 g/mol. The minimum absolute atomic E-state index is 0.781. The summed E-state index contributed by atoms with van der Waals surface area (Å²) in [6.07, 6.45) is 2.75. The van der Waals surface area contributed by atoms with Gasteiger partial charge in [-0.1, -0.05) is 12.1 Å². The van der Waals surface area contributed by atoms with E-state index in [2.05, 4.69) is 4.57 Å². The van der Waals surface area contributed by atoms with Crippen LogP contribution in [-0.4, -0.2) is 22.8 Å². The smallest absolute Gasteiger partial charge is 0.328 e. The first-order valence-corrected chi connectivity index (χ1v) is 6.28. The number of para-hydroxylation sites is 2. The van der Waals surface area contributed by atoms with E-state index in [1.165, 1.54) is 0 Å².